The van der Waals surface area contributed by atoms with Crippen LogP contribution in [0.2, 0.25) is 0 Å². The van der Waals surface area contributed by atoms with Crippen LogP contribution in [0.25, 0.3) is 11.1 Å². The average Bonchev–Trinajstić information content (AvgIpc) is 2.96. The third kappa shape index (κ3) is 3.75. The van der Waals surface area contributed by atoms with Gasteiger partial charge in [0.2, 0.25) is 0 Å². The Kier molecular flexibility index (Phi) is 4.99. The van der Waals surface area contributed by atoms with Crippen LogP contribution in [-0.4, -0.2) is 28.0 Å². The average molecular weight is 300 g/mol. The molecule has 0 saturated heterocycles. The number of amides is 1. The molecule has 2 rings (SSSR count). The lowest BCUT2D eigenvalue weighted by Gasteiger charge is -2.16. The predicted molar refractivity (Wildman–Crippen MR) is 84.6 cm³/mol. The Labute approximate surface area is 129 Å². The first-order valence-corrected chi connectivity index (χ1v) is 7.25. The molecule has 116 valence electrons. The third-order valence-electron chi connectivity index (χ3n) is 3.39. The Morgan fingerprint density at radius 2 is 1.86 bits per heavy atom. The minimum absolute atomic E-state index is 0.182. The van der Waals surface area contributed by atoms with Crippen LogP contribution in [0.15, 0.2) is 42.7 Å². The second-order valence-corrected chi connectivity index (χ2v) is 5.64. The fourth-order valence-electron chi connectivity index (χ4n) is 2.34. The van der Waals surface area contributed by atoms with Crippen molar-refractivity contribution in [3.8, 4) is 11.1 Å². The maximum atomic E-state index is 12.4. The van der Waals surface area contributed by atoms with Crippen LogP contribution >= 0.6 is 0 Å². The first-order chi connectivity index (χ1) is 10.5. The summed E-state index contributed by atoms with van der Waals surface area (Å²) in [7, 11) is 0. The lowest BCUT2D eigenvalue weighted by Crippen LogP contribution is -2.41. The van der Waals surface area contributed by atoms with Gasteiger partial charge in [0.25, 0.3) is 5.91 Å². The topological polar surface area (TPSA) is 82.2 Å². The number of benzene rings is 1. The molecule has 1 amide bonds. The Hall–Kier alpha value is -2.56. The molecule has 0 aliphatic rings. The highest BCUT2D eigenvalue weighted by atomic mass is 16.4. The van der Waals surface area contributed by atoms with E-state index in [0.717, 1.165) is 11.1 Å². The minimum atomic E-state index is -1.01. The van der Waals surface area contributed by atoms with Crippen molar-refractivity contribution in [3.05, 3.63) is 48.3 Å². The van der Waals surface area contributed by atoms with E-state index < -0.39 is 12.0 Å². The molecule has 5 nitrogen and oxygen atoms in total. The van der Waals surface area contributed by atoms with Gasteiger partial charge in [-0.25, -0.2) is 4.79 Å². The van der Waals surface area contributed by atoms with Gasteiger partial charge in [-0.15, -0.1) is 0 Å². The number of rotatable bonds is 6. The Morgan fingerprint density at radius 3 is 2.45 bits per heavy atom. The van der Waals surface area contributed by atoms with Crippen LogP contribution < -0.4 is 5.32 Å². The zero-order valence-corrected chi connectivity index (χ0v) is 12.7. The standard InChI is InChI=1S/C17H20N2O3/c1-11(2)8-15(17(21)22)19-16(20)14-10-18-9-13(14)12-6-4-3-5-7-12/h3-7,9-11,15,18H,8H2,1-2H3,(H,19,20)(H,21,22)/t15-/m1/s1. The summed E-state index contributed by atoms with van der Waals surface area (Å²) in [4.78, 5) is 26.6. The number of nitrogens with one attached hydrogen (secondary N) is 2. The van der Waals surface area contributed by atoms with Gasteiger partial charge in [-0.05, 0) is 17.9 Å². The smallest absolute Gasteiger partial charge is 0.326 e. The molecule has 0 spiro atoms. The van der Waals surface area contributed by atoms with E-state index in [9.17, 15) is 14.7 Å². The first kappa shape index (κ1) is 15.8. The van der Waals surface area contributed by atoms with Crippen molar-refractivity contribution >= 4 is 11.9 Å². The fourth-order valence-corrected chi connectivity index (χ4v) is 2.34. The van der Waals surface area contributed by atoms with Crippen molar-refractivity contribution < 1.29 is 14.7 Å². The van der Waals surface area contributed by atoms with Crippen LogP contribution in [0.5, 0.6) is 0 Å². The lowest BCUT2D eigenvalue weighted by atomic mass is 10.0. The van der Waals surface area contributed by atoms with Gasteiger partial charge >= 0.3 is 5.97 Å². The quantitative estimate of drug-likeness (QED) is 0.767. The Bertz CT molecular complexity index is 647. The molecule has 1 heterocycles. The Balaban J connectivity index is 2.20. The van der Waals surface area contributed by atoms with Crippen LogP contribution in [-0.2, 0) is 4.79 Å². The van der Waals surface area contributed by atoms with Gasteiger partial charge in [0.1, 0.15) is 6.04 Å². The van der Waals surface area contributed by atoms with Gasteiger partial charge in [0.15, 0.2) is 0 Å². The lowest BCUT2D eigenvalue weighted by molar-refractivity contribution is -0.139. The second-order valence-electron chi connectivity index (χ2n) is 5.64. The number of carbonyl (C=O) groups excluding carboxylic acids is 1. The molecule has 0 aliphatic heterocycles. The van der Waals surface area contributed by atoms with E-state index in [1.165, 1.54) is 0 Å². The number of carbonyl (C=O) groups is 2. The van der Waals surface area contributed by atoms with Crippen LogP contribution in [0.1, 0.15) is 30.6 Å². The van der Waals surface area contributed by atoms with Gasteiger partial charge in [-0.2, -0.15) is 0 Å². The SMILES string of the molecule is CC(C)C[C@@H](NC(=O)c1c[nH]cc1-c1ccccc1)C(=O)O. The zero-order valence-electron chi connectivity index (χ0n) is 12.7. The van der Waals surface area contributed by atoms with E-state index in [2.05, 4.69) is 10.3 Å². The molecule has 0 saturated carbocycles. The molecule has 22 heavy (non-hydrogen) atoms. The largest absolute Gasteiger partial charge is 0.480 e. The van der Waals surface area contributed by atoms with Crippen molar-refractivity contribution in [3.63, 3.8) is 0 Å². The number of carboxylic acid groups (broad SMARTS) is 1. The number of H-pyrrole nitrogens is 1. The monoisotopic (exact) mass is 300 g/mol. The highest BCUT2D eigenvalue weighted by Gasteiger charge is 2.23. The number of carboxylic acids is 1. The van der Waals surface area contributed by atoms with Crippen LogP contribution in [0, 0.1) is 5.92 Å². The number of aromatic amines is 1. The summed E-state index contributed by atoms with van der Waals surface area (Å²) in [5.74, 6) is -1.21. The molecule has 1 aromatic heterocycles. The summed E-state index contributed by atoms with van der Waals surface area (Å²) >= 11 is 0. The summed E-state index contributed by atoms with van der Waals surface area (Å²) in [5, 5.41) is 11.8. The molecule has 3 N–H and O–H groups in total. The van der Waals surface area contributed by atoms with E-state index >= 15 is 0 Å². The highest BCUT2D eigenvalue weighted by molar-refractivity contribution is 6.02. The molecule has 0 aliphatic carbocycles. The van der Waals surface area contributed by atoms with Crippen LogP contribution in [0.4, 0.5) is 0 Å². The molecule has 0 fully saturated rings. The predicted octanol–water partition coefficient (Wildman–Crippen LogP) is 2.91. The molecule has 0 radical (unpaired) electrons. The summed E-state index contributed by atoms with van der Waals surface area (Å²) in [5.41, 5.74) is 2.11. The molecule has 2 aromatic rings. The summed E-state index contributed by atoms with van der Waals surface area (Å²) in [6.07, 6.45) is 3.72. The highest BCUT2D eigenvalue weighted by Crippen LogP contribution is 2.23. The second kappa shape index (κ2) is 6.93. The van der Waals surface area contributed by atoms with Gasteiger partial charge in [0.05, 0.1) is 5.56 Å². The van der Waals surface area contributed by atoms with Crippen molar-refractivity contribution in [2.75, 3.05) is 0 Å². The Morgan fingerprint density at radius 1 is 1.18 bits per heavy atom. The summed E-state index contributed by atoms with van der Waals surface area (Å²) < 4.78 is 0. The van der Waals surface area contributed by atoms with Gasteiger partial charge in [-0.3, -0.25) is 4.79 Å². The molecule has 1 atom stereocenters. The van der Waals surface area contributed by atoms with Gasteiger partial charge in [-0.1, -0.05) is 44.2 Å². The van der Waals surface area contributed by atoms with Gasteiger partial charge < -0.3 is 15.4 Å². The van der Waals surface area contributed by atoms with E-state index in [1.54, 1.807) is 12.4 Å². The zero-order chi connectivity index (χ0) is 16.1. The molecule has 5 heteroatoms. The minimum Gasteiger partial charge on any atom is -0.480 e. The number of hydrogen-bond acceptors (Lipinski definition) is 2. The number of aliphatic carboxylic acids is 1. The first-order valence-electron chi connectivity index (χ1n) is 7.25. The summed E-state index contributed by atoms with van der Waals surface area (Å²) in [6, 6.07) is 8.61. The molecular formula is C17H20N2O3. The molecule has 0 bridgehead atoms. The normalized spacial score (nSPS) is 12.1. The molecular weight excluding hydrogens is 280 g/mol. The van der Waals surface area contributed by atoms with Gasteiger partial charge in [0, 0.05) is 18.0 Å². The van der Waals surface area contributed by atoms with Crippen molar-refractivity contribution in [1.29, 1.82) is 0 Å². The molecule has 1 aromatic carbocycles. The summed E-state index contributed by atoms with van der Waals surface area (Å²) in [6.45, 7) is 3.85. The van der Waals surface area contributed by atoms with E-state index in [0.29, 0.717) is 12.0 Å². The maximum absolute atomic E-state index is 12.4. The van der Waals surface area contributed by atoms with E-state index in [1.807, 2.05) is 44.2 Å². The number of aromatic nitrogens is 1. The number of hydrogen-bond donors (Lipinski definition) is 3. The fraction of sp³-hybridized carbons (Fsp3) is 0.294. The van der Waals surface area contributed by atoms with Crippen molar-refractivity contribution in [1.82, 2.24) is 10.3 Å². The van der Waals surface area contributed by atoms with Crippen LogP contribution in [0.3, 0.4) is 0 Å². The van der Waals surface area contributed by atoms with E-state index in [-0.39, 0.29) is 11.8 Å². The maximum Gasteiger partial charge on any atom is 0.326 e. The third-order valence-corrected chi connectivity index (χ3v) is 3.39. The molecule has 0 unspecified atom stereocenters. The van der Waals surface area contributed by atoms with E-state index in [4.69, 9.17) is 0 Å². The van der Waals surface area contributed by atoms with Crippen molar-refractivity contribution in [2.45, 2.75) is 26.3 Å². The van der Waals surface area contributed by atoms with Crippen molar-refractivity contribution in [2.24, 2.45) is 5.92 Å².